The van der Waals surface area contributed by atoms with Crippen molar-refractivity contribution in [2.45, 2.75) is 39.4 Å². The third kappa shape index (κ3) is 3.46. The maximum Gasteiger partial charge on any atom is 0.418 e. The molecule has 0 aliphatic heterocycles. The van der Waals surface area contributed by atoms with Crippen LogP contribution in [0.2, 0.25) is 0 Å². The number of pyridine rings is 1. The van der Waals surface area contributed by atoms with Crippen LogP contribution in [-0.4, -0.2) is 25.2 Å². The van der Waals surface area contributed by atoms with E-state index in [9.17, 15) is 17.4 Å². The van der Waals surface area contributed by atoms with Crippen LogP contribution in [0.4, 0.5) is 13.2 Å². The van der Waals surface area contributed by atoms with Crippen molar-refractivity contribution in [3.8, 4) is 11.4 Å². The van der Waals surface area contributed by atoms with Crippen molar-refractivity contribution in [2.24, 2.45) is 7.05 Å². The van der Waals surface area contributed by atoms with E-state index < -0.39 is 22.5 Å². The molecule has 0 N–H and O–H groups in total. The van der Waals surface area contributed by atoms with Crippen molar-refractivity contribution in [3.63, 3.8) is 0 Å². The predicted molar refractivity (Wildman–Crippen MR) is 84.7 cm³/mol. The van der Waals surface area contributed by atoms with Crippen LogP contribution in [0.15, 0.2) is 11.1 Å². The van der Waals surface area contributed by atoms with Crippen LogP contribution in [0.5, 0.6) is 0 Å². The van der Waals surface area contributed by atoms with Gasteiger partial charge in [-0.3, -0.25) is 13.9 Å². The molecule has 0 amide bonds. The Morgan fingerprint density at radius 1 is 1.17 bits per heavy atom. The molecule has 2 rings (SSSR count). The lowest BCUT2D eigenvalue weighted by Gasteiger charge is -2.13. The maximum atomic E-state index is 12.9. The Morgan fingerprint density at radius 3 is 2.17 bits per heavy atom. The van der Waals surface area contributed by atoms with Crippen LogP contribution in [0.25, 0.3) is 11.4 Å². The lowest BCUT2D eigenvalue weighted by atomic mass is 10.1. The van der Waals surface area contributed by atoms with E-state index in [2.05, 4.69) is 10.1 Å². The lowest BCUT2D eigenvalue weighted by molar-refractivity contribution is -0.138. The van der Waals surface area contributed by atoms with E-state index >= 15 is 0 Å². The van der Waals surface area contributed by atoms with Crippen LogP contribution in [0.3, 0.4) is 0 Å². The average Bonchev–Trinajstić information content (AvgIpc) is 2.65. The maximum absolute atomic E-state index is 12.9. The number of alkyl halides is 3. The van der Waals surface area contributed by atoms with E-state index in [-0.39, 0.29) is 13.1 Å². The monoisotopic (exact) mass is 347 g/mol. The first kappa shape index (κ1) is 19.3. The fraction of sp³-hybridized carbons (Fsp3) is 0.467. The Balaban J connectivity index is 0.00000264. The minimum atomic E-state index is -4.43. The molecule has 23 heavy (non-hydrogen) atoms. The summed E-state index contributed by atoms with van der Waals surface area (Å²) in [6, 6.07) is 1.08. The van der Waals surface area contributed by atoms with Crippen molar-refractivity contribution in [1.29, 1.82) is 0 Å². The van der Waals surface area contributed by atoms with Crippen LogP contribution >= 0.6 is 0 Å². The van der Waals surface area contributed by atoms with Crippen LogP contribution in [0, 0.1) is 20.8 Å². The van der Waals surface area contributed by atoms with Gasteiger partial charge in [0.05, 0.1) is 27.8 Å². The van der Waals surface area contributed by atoms with E-state index in [1.165, 1.54) is 17.9 Å². The van der Waals surface area contributed by atoms with Gasteiger partial charge in [-0.15, -0.1) is 0 Å². The van der Waals surface area contributed by atoms with Crippen molar-refractivity contribution in [3.05, 3.63) is 28.5 Å². The summed E-state index contributed by atoms with van der Waals surface area (Å²) in [6.45, 7) is 4.63. The molecular formula is C15H20F3N3OS. The van der Waals surface area contributed by atoms with E-state index in [4.69, 9.17) is 0 Å². The number of aryl methyl sites for hydroxylation is 3. The van der Waals surface area contributed by atoms with Gasteiger partial charge < -0.3 is 0 Å². The molecule has 0 saturated carbocycles. The fourth-order valence-electron chi connectivity index (χ4n) is 2.47. The molecule has 2 aromatic rings. The molecule has 8 heteroatoms. The standard InChI is InChI=1S/C14H16F3N3OS.CH4/c1-7-6-10(14(15,16)17)9(3)18-11(7)12-8(2)13(22(5)21)20(4)19-12;/h6H,1-5H3;1H4. The highest BCUT2D eigenvalue weighted by atomic mass is 32.2. The summed E-state index contributed by atoms with van der Waals surface area (Å²) in [5.74, 6) is 0. The zero-order valence-electron chi connectivity index (χ0n) is 12.9. The summed E-state index contributed by atoms with van der Waals surface area (Å²) >= 11 is 0. The molecule has 4 nitrogen and oxygen atoms in total. The Bertz CT molecular complexity index is 766. The molecule has 0 aliphatic carbocycles. The molecule has 0 spiro atoms. The number of rotatable bonds is 2. The summed E-state index contributed by atoms with van der Waals surface area (Å²) in [7, 11) is 0.410. The molecular weight excluding hydrogens is 327 g/mol. The molecule has 128 valence electrons. The highest BCUT2D eigenvalue weighted by molar-refractivity contribution is 7.84. The molecule has 0 saturated heterocycles. The Kier molecular flexibility index (Phi) is 5.41. The minimum absolute atomic E-state index is 0. The largest absolute Gasteiger partial charge is 0.418 e. The van der Waals surface area contributed by atoms with Gasteiger partial charge in [0.1, 0.15) is 10.7 Å². The summed E-state index contributed by atoms with van der Waals surface area (Å²) < 4.78 is 52.0. The van der Waals surface area contributed by atoms with Crippen molar-refractivity contribution >= 4 is 10.8 Å². The van der Waals surface area contributed by atoms with Crippen molar-refractivity contribution < 1.29 is 17.4 Å². The predicted octanol–water partition coefficient (Wildman–Crippen LogP) is 3.80. The molecule has 2 heterocycles. The summed E-state index contributed by atoms with van der Waals surface area (Å²) in [4.78, 5) is 4.09. The second-order valence-electron chi connectivity index (χ2n) is 5.14. The lowest BCUT2D eigenvalue weighted by Crippen LogP contribution is -2.10. The van der Waals surface area contributed by atoms with Gasteiger partial charge in [0.2, 0.25) is 0 Å². The van der Waals surface area contributed by atoms with E-state index in [0.29, 0.717) is 27.5 Å². The second kappa shape index (κ2) is 6.43. The number of aromatic nitrogens is 3. The van der Waals surface area contributed by atoms with Gasteiger partial charge >= 0.3 is 6.18 Å². The molecule has 0 aliphatic rings. The molecule has 0 radical (unpaired) electrons. The van der Waals surface area contributed by atoms with Crippen LogP contribution < -0.4 is 0 Å². The highest BCUT2D eigenvalue weighted by Gasteiger charge is 2.34. The second-order valence-corrected chi connectivity index (χ2v) is 6.44. The molecule has 1 unspecified atom stereocenters. The average molecular weight is 347 g/mol. The number of hydrogen-bond donors (Lipinski definition) is 0. The number of nitrogens with zero attached hydrogens (tertiary/aromatic N) is 3. The van der Waals surface area contributed by atoms with Crippen molar-refractivity contribution in [2.75, 3.05) is 6.26 Å². The van der Waals surface area contributed by atoms with Gasteiger partial charge in [-0.05, 0) is 32.4 Å². The highest BCUT2D eigenvalue weighted by Crippen LogP contribution is 2.35. The third-order valence-electron chi connectivity index (χ3n) is 3.43. The Morgan fingerprint density at radius 2 is 1.74 bits per heavy atom. The summed E-state index contributed by atoms with van der Waals surface area (Å²) in [5, 5.41) is 4.81. The first-order valence-electron chi connectivity index (χ1n) is 6.46. The Labute approximate surface area is 136 Å². The van der Waals surface area contributed by atoms with E-state index in [0.717, 1.165) is 6.07 Å². The van der Waals surface area contributed by atoms with E-state index in [1.807, 2.05) is 0 Å². The smallest absolute Gasteiger partial charge is 0.259 e. The summed E-state index contributed by atoms with van der Waals surface area (Å²) in [6.07, 6.45) is -2.90. The van der Waals surface area contributed by atoms with Crippen molar-refractivity contribution in [1.82, 2.24) is 14.8 Å². The van der Waals surface area contributed by atoms with Gasteiger partial charge in [0.15, 0.2) is 0 Å². The van der Waals surface area contributed by atoms with Crippen LogP contribution in [0.1, 0.15) is 29.8 Å². The molecule has 0 fully saturated rings. The van der Waals surface area contributed by atoms with E-state index in [1.54, 1.807) is 20.9 Å². The minimum Gasteiger partial charge on any atom is -0.259 e. The molecule has 2 aromatic heterocycles. The first-order chi connectivity index (χ1) is 10.0. The molecule has 0 aromatic carbocycles. The summed E-state index contributed by atoms with van der Waals surface area (Å²) in [5.41, 5.74) is 1.04. The Hall–Kier alpha value is -1.70. The van der Waals surface area contributed by atoms with Crippen LogP contribution in [-0.2, 0) is 24.0 Å². The number of halogens is 3. The number of hydrogen-bond acceptors (Lipinski definition) is 3. The van der Waals surface area contributed by atoms with Gasteiger partial charge in [-0.2, -0.15) is 18.3 Å². The SMILES string of the molecule is C.Cc1cc(C(F)(F)F)c(C)nc1-c1nn(C)c(S(C)=O)c1C. The zero-order chi connectivity index (χ0) is 16.8. The van der Waals surface area contributed by atoms with Gasteiger partial charge in [0.25, 0.3) is 0 Å². The zero-order valence-corrected chi connectivity index (χ0v) is 13.7. The first-order valence-corrected chi connectivity index (χ1v) is 8.02. The topological polar surface area (TPSA) is 47.8 Å². The fourth-order valence-corrected chi connectivity index (χ4v) is 3.41. The third-order valence-corrected chi connectivity index (χ3v) is 4.54. The van der Waals surface area contributed by atoms with Gasteiger partial charge in [-0.1, -0.05) is 7.43 Å². The van der Waals surface area contributed by atoms with Gasteiger partial charge in [-0.25, -0.2) is 0 Å². The quantitative estimate of drug-likeness (QED) is 0.830. The normalized spacial score (nSPS) is 12.9. The molecule has 1 atom stereocenters. The van der Waals surface area contributed by atoms with Gasteiger partial charge in [0, 0.05) is 18.9 Å². The molecule has 0 bridgehead atoms.